The Morgan fingerprint density at radius 2 is 1.77 bits per heavy atom. The highest BCUT2D eigenvalue weighted by Crippen LogP contribution is 2.24. The Morgan fingerprint density at radius 3 is 2.43 bits per heavy atom. The lowest BCUT2D eigenvalue weighted by molar-refractivity contribution is 0.415. The van der Waals surface area contributed by atoms with Crippen LogP contribution in [0.25, 0.3) is 16.9 Å². The molecule has 0 unspecified atom stereocenters. The third-order valence-electron chi connectivity index (χ3n) is 4.73. The van der Waals surface area contributed by atoms with Crippen molar-refractivity contribution < 1.29 is 5.11 Å². The van der Waals surface area contributed by atoms with Crippen molar-refractivity contribution >= 4 is 11.3 Å². The fourth-order valence-electron chi connectivity index (χ4n) is 3.16. The molecule has 148 valence electrons. The van der Waals surface area contributed by atoms with Gasteiger partial charge < -0.3 is 5.11 Å². The summed E-state index contributed by atoms with van der Waals surface area (Å²) in [5, 5.41) is 26.2. The van der Waals surface area contributed by atoms with E-state index in [9.17, 15) is 15.2 Å². The topological polar surface area (TPSA) is 83.3 Å². The fraction of sp³-hybridized carbons (Fsp3) is 0.0870. The second-order valence-electron chi connectivity index (χ2n) is 6.83. The van der Waals surface area contributed by atoms with E-state index in [2.05, 4.69) is 5.10 Å². The van der Waals surface area contributed by atoms with Crippen LogP contribution in [0.15, 0.2) is 75.9 Å². The number of nitriles is 1. The lowest BCUT2D eigenvalue weighted by Crippen LogP contribution is -2.23. The zero-order valence-corrected chi connectivity index (χ0v) is 17.2. The van der Waals surface area contributed by atoms with Crippen molar-refractivity contribution in [3.63, 3.8) is 0 Å². The largest absolute Gasteiger partial charge is 0.492 e. The third kappa shape index (κ3) is 3.45. The number of aryl methyl sites for hydroxylation is 2. The van der Waals surface area contributed by atoms with Crippen LogP contribution < -0.4 is 10.4 Å². The molecular formula is C23H18N4O2S. The SMILES string of the molecule is Cc1ccc(-c2cs/c(=N/n3c(O)c(C#N)c(C)cc3=O)n2-c2ccccc2)cc1. The van der Waals surface area contributed by atoms with Gasteiger partial charge in [-0.25, -0.2) is 0 Å². The fourth-order valence-corrected chi connectivity index (χ4v) is 4.06. The highest BCUT2D eigenvalue weighted by molar-refractivity contribution is 7.07. The van der Waals surface area contributed by atoms with E-state index in [1.807, 2.05) is 77.5 Å². The van der Waals surface area contributed by atoms with E-state index in [-0.39, 0.29) is 5.56 Å². The monoisotopic (exact) mass is 414 g/mol. The van der Waals surface area contributed by atoms with Crippen molar-refractivity contribution in [1.82, 2.24) is 9.24 Å². The Balaban J connectivity index is 2.02. The van der Waals surface area contributed by atoms with Gasteiger partial charge in [0.05, 0.1) is 5.69 Å². The van der Waals surface area contributed by atoms with Crippen molar-refractivity contribution in [2.45, 2.75) is 13.8 Å². The van der Waals surface area contributed by atoms with Gasteiger partial charge in [-0.15, -0.1) is 16.4 Å². The molecule has 0 aliphatic carbocycles. The molecule has 1 N–H and O–H groups in total. The maximum Gasteiger partial charge on any atom is 0.274 e. The number of aromatic hydroxyl groups is 1. The first kappa shape index (κ1) is 19.4. The van der Waals surface area contributed by atoms with Crippen LogP contribution >= 0.6 is 11.3 Å². The standard InChI is InChI=1S/C23H18N4O2S/c1-15-8-10-17(11-9-15)20-14-30-23(26(20)18-6-4-3-5-7-18)25-27-21(28)12-16(2)19(13-24)22(27)29/h3-12,14,29H,1-2H3/b25-23+. The lowest BCUT2D eigenvalue weighted by Gasteiger charge is -2.10. The first-order valence-electron chi connectivity index (χ1n) is 9.23. The summed E-state index contributed by atoms with van der Waals surface area (Å²) in [5.74, 6) is -0.465. The van der Waals surface area contributed by atoms with E-state index in [1.165, 1.54) is 17.4 Å². The number of benzene rings is 2. The molecule has 0 saturated carbocycles. The Morgan fingerprint density at radius 1 is 1.07 bits per heavy atom. The Hall–Kier alpha value is -3.89. The number of hydrogen-bond acceptors (Lipinski definition) is 5. The van der Waals surface area contributed by atoms with Crippen molar-refractivity contribution in [2.75, 3.05) is 0 Å². The molecular weight excluding hydrogens is 396 g/mol. The molecule has 0 aliphatic heterocycles. The summed E-state index contributed by atoms with van der Waals surface area (Å²) < 4.78 is 2.79. The van der Waals surface area contributed by atoms with E-state index in [4.69, 9.17) is 0 Å². The van der Waals surface area contributed by atoms with Crippen molar-refractivity contribution in [1.29, 1.82) is 5.26 Å². The summed E-state index contributed by atoms with van der Waals surface area (Å²) in [5.41, 5.74) is 3.87. The molecule has 0 fully saturated rings. The molecule has 0 aliphatic rings. The maximum atomic E-state index is 12.5. The molecule has 4 aromatic rings. The number of rotatable bonds is 3. The van der Waals surface area contributed by atoms with Crippen LogP contribution in [0.5, 0.6) is 5.88 Å². The maximum absolute atomic E-state index is 12.5. The van der Waals surface area contributed by atoms with Crippen molar-refractivity contribution in [3.05, 3.63) is 97.9 Å². The number of hydrogen-bond donors (Lipinski definition) is 1. The molecule has 30 heavy (non-hydrogen) atoms. The van der Waals surface area contributed by atoms with Gasteiger partial charge in [-0.3, -0.25) is 9.36 Å². The average molecular weight is 414 g/mol. The molecule has 2 heterocycles. The van der Waals surface area contributed by atoms with Crippen LogP contribution in [0.1, 0.15) is 16.7 Å². The van der Waals surface area contributed by atoms with Crippen LogP contribution in [0.4, 0.5) is 0 Å². The molecule has 7 heteroatoms. The quantitative estimate of drug-likeness (QED) is 0.551. The number of para-hydroxylation sites is 1. The lowest BCUT2D eigenvalue weighted by atomic mass is 10.1. The summed E-state index contributed by atoms with van der Waals surface area (Å²) in [6.45, 7) is 3.64. The van der Waals surface area contributed by atoms with Gasteiger partial charge in [0, 0.05) is 17.1 Å². The minimum Gasteiger partial charge on any atom is -0.492 e. The van der Waals surface area contributed by atoms with Gasteiger partial charge in [0.15, 0.2) is 0 Å². The molecule has 0 spiro atoms. The van der Waals surface area contributed by atoms with E-state index >= 15 is 0 Å². The number of thiazole rings is 1. The minimum atomic E-state index is -0.506. The van der Waals surface area contributed by atoms with Crippen LogP contribution in [-0.4, -0.2) is 14.3 Å². The first-order chi connectivity index (χ1) is 14.5. The van der Waals surface area contributed by atoms with E-state index in [0.717, 1.165) is 27.2 Å². The van der Waals surface area contributed by atoms with Crippen molar-refractivity contribution in [3.8, 4) is 28.9 Å². The molecule has 0 amide bonds. The van der Waals surface area contributed by atoms with Crippen LogP contribution in [0.2, 0.25) is 0 Å². The van der Waals surface area contributed by atoms with Gasteiger partial charge in [-0.2, -0.15) is 9.94 Å². The first-order valence-corrected chi connectivity index (χ1v) is 10.1. The molecule has 6 nitrogen and oxygen atoms in total. The van der Waals surface area contributed by atoms with Crippen LogP contribution in [-0.2, 0) is 0 Å². The number of pyridine rings is 1. The second-order valence-corrected chi connectivity index (χ2v) is 7.66. The number of nitrogens with zero attached hydrogens (tertiary/aromatic N) is 4. The summed E-state index contributed by atoms with van der Waals surface area (Å²) in [6, 6.07) is 21.0. The highest BCUT2D eigenvalue weighted by Gasteiger charge is 2.14. The van der Waals surface area contributed by atoms with Gasteiger partial charge in [0.2, 0.25) is 10.7 Å². The molecule has 0 atom stereocenters. The van der Waals surface area contributed by atoms with Gasteiger partial charge >= 0.3 is 0 Å². The molecule has 0 saturated heterocycles. The average Bonchev–Trinajstić information content (AvgIpc) is 3.16. The predicted octanol–water partition coefficient (Wildman–Crippen LogP) is 3.93. The van der Waals surface area contributed by atoms with E-state index in [0.29, 0.717) is 10.4 Å². The smallest absolute Gasteiger partial charge is 0.274 e. The Labute approximate surface area is 176 Å². The summed E-state index contributed by atoms with van der Waals surface area (Å²) in [4.78, 5) is 13.0. The van der Waals surface area contributed by atoms with E-state index < -0.39 is 11.4 Å². The molecule has 2 aromatic heterocycles. The zero-order chi connectivity index (χ0) is 21.3. The highest BCUT2D eigenvalue weighted by atomic mass is 32.1. The second kappa shape index (κ2) is 7.85. The zero-order valence-electron chi connectivity index (χ0n) is 16.4. The Kier molecular flexibility index (Phi) is 5.09. The molecule has 0 bridgehead atoms. The third-order valence-corrected chi connectivity index (χ3v) is 5.55. The molecule has 0 radical (unpaired) electrons. The Bertz CT molecular complexity index is 1390. The summed E-state index contributed by atoms with van der Waals surface area (Å²) in [7, 11) is 0. The van der Waals surface area contributed by atoms with Crippen LogP contribution in [0, 0.1) is 25.2 Å². The van der Waals surface area contributed by atoms with Gasteiger partial charge in [-0.05, 0) is 37.1 Å². The predicted molar refractivity (Wildman–Crippen MR) is 117 cm³/mol. The summed E-state index contributed by atoms with van der Waals surface area (Å²) >= 11 is 1.34. The summed E-state index contributed by atoms with van der Waals surface area (Å²) in [6.07, 6.45) is 0. The molecule has 2 aromatic carbocycles. The van der Waals surface area contributed by atoms with Gasteiger partial charge in [-0.1, -0.05) is 48.0 Å². The van der Waals surface area contributed by atoms with Gasteiger partial charge in [0.25, 0.3) is 5.56 Å². The van der Waals surface area contributed by atoms with E-state index in [1.54, 1.807) is 6.92 Å². The normalized spacial score (nSPS) is 11.4. The van der Waals surface area contributed by atoms with Crippen molar-refractivity contribution in [2.24, 2.45) is 5.10 Å². The van der Waals surface area contributed by atoms with Crippen LogP contribution in [0.3, 0.4) is 0 Å². The minimum absolute atomic E-state index is 0.0277. The molecule has 4 rings (SSSR count). The number of aromatic nitrogens is 2. The van der Waals surface area contributed by atoms with Gasteiger partial charge in [0.1, 0.15) is 11.6 Å².